The molecular weight excluding hydrogens is 588 g/mol. The van der Waals surface area contributed by atoms with E-state index in [0.29, 0.717) is 18.4 Å². The van der Waals surface area contributed by atoms with Crippen molar-refractivity contribution < 1.29 is 57.2 Å². The number of carbonyl (C=O) groups excluding carboxylic acids is 5. The van der Waals surface area contributed by atoms with E-state index in [0.717, 1.165) is 0 Å². The summed E-state index contributed by atoms with van der Waals surface area (Å²) in [4.78, 5) is 65.0. The number of esters is 5. The predicted octanol–water partition coefficient (Wildman–Crippen LogP) is 3.44. The molecule has 4 aliphatic carbocycles. The second-order valence-electron chi connectivity index (χ2n) is 14.5. The Morgan fingerprint density at radius 1 is 0.978 bits per heavy atom. The highest BCUT2D eigenvalue weighted by Gasteiger charge is 2.90. The zero-order valence-electron chi connectivity index (χ0n) is 26.7. The van der Waals surface area contributed by atoms with E-state index in [9.17, 15) is 29.1 Å². The van der Waals surface area contributed by atoms with Gasteiger partial charge in [0.25, 0.3) is 0 Å². The zero-order valence-corrected chi connectivity index (χ0v) is 26.7. The van der Waals surface area contributed by atoms with E-state index in [1.54, 1.807) is 6.07 Å². The molecule has 2 bridgehead atoms. The van der Waals surface area contributed by atoms with Crippen LogP contribution in [0.15, 0.2) is 23.0 Å². The maximum absolute atomic E-state index is 13.5. The molecule has 4 saturated carbocycles. The van der Waals surface area contributed by atoms with Crippen LogP contribution >= 0.6 is 0 Å². The van der Waals surface area contributed by atoms with E-state index in [1.807, 2.05) is 20.8 Å². The predicted molar refractivity (Wildman–Crippen MR) is 151 cm³/mol. The molecule has 1 N–H and O–H groups in total. The standard InChI is InChI=1S/C33H42O12/c1-16(34)42-27-25-28(43-17(2)35)33(39)20(8-10-29(4)22(33)13-24(38)44-26(29)19-9-11-41-14-19)31(6)21(12-23(37)40-7)30(27,5)15-32(25,31)45-18(3)36/h9,11,14,20-22,25-28,39H,8,10,12-13,15H2,1-7H3. The number of aliphatic hydroxyl groups is 1. The lowest BCUT2D eigenvalue weighted by atomic mass is 9.36. The van der Waals surface area contributed by atoms with Gasteiger partial charge in [-0.25, -0.2) is 0 Å². The Morgan fingerprint density at radius 2 is 1.64 bits per heavy atom. The van der Waals surface area contributed by atoms with Crippen LogP contribution in [0.5, 0.6) is 0 Å². The molecule has 12 atom stereocenters. The van der Waals surface area contributed by atoms with Gasteiger partial charge in [0.1, 0.15) is 29.5 Å². The summed E-state index contributed by atoms with van der Waals surface area (Å²) in [5.74, 6) is -6.04. The normalized spacial score (nSPS) is 45.9. The second kappa shape index (κ2) is 10.0. The quantitative estimate of drug-likeness (QED) is 0.360. The molecule has 0 amide bonds. The molecule has 2 heterocycles. The summed E-state index contributed by atoms with van der Waals surface area (Å²) in [5.41, 5.74) is -5.50. The Labute approximate surface area is 261 Å². The maximum atomic E-state index is 13.5. The Morgan fingerprint density at radius 3 is 2.22 bits per heavy atom. The molecule has 12 nitrogen and oxygen atoms in total. The van der Waals surface area contributed by atoms with Crippen molar-refractivity contribution in [1.82, 2.24) is 0 Å². The Bertz CT molecular complexity index is 1440. The number of methoxy groups -OCH3 is 1. The summed E-state index contributed by atoms with van der Waals surface area (Å²) in [6.07, 6.45) is 0.684. The van der Waals surface area contributed by atoms with Crippen molar-refractivity contribution in [1.29, 1.82) is 0 Å². The van der Waals surface area contributed by atoms with Crippen LogP contribution in [0.3, 0.4) is 0 Å². The minimum absolute atomic E-state index is 0.0938. The van der Waals surface area contributed by atoms with Crippen molar-refractivity contribution in [3.63, 3.8) is 0 Å². The molecule has 1 aromatic rings. The third-order valence-corrected chi connectivity index (χ3v) is 12.6. The lowest BCUT2D eigenvalue weighted by Crippen LogP contribution is -2.81. The molecular formula is C33H42O12. The molecule has 5 aliphatic rings. The highest BCUT2D eigenvalue weighted by molar-refractivity contribution is 5.73. The largest absolute Gasteiger partial charge is 0.472 e. The van der Waals surface area contributed by atoms with Crippen molar-refractivity contribution in [2.75, 3.05) is 7.11 Å². The van der Waals surface area contributed by atoms with Crippen LogP contribution < -0.4 is 0 Å². The smallest absolute Gasteiger partial charge is 0.306 e. The van der Waals surface area contributed by atoms with Gasteiger partial charge in [-0.05, 0) is 31.2 Å². The first-order valence-corrected chi connectivity index (χ1v) is 15.6. The van der Waals surface area contributed by atoms with Crippen molar-refractivity contribution in [3.8, 4) is 0 Å². The molecule has 0 aromatic carbocycles. The van der Waals surface area contributed by atoms with E-state index in [2.05, 4.69) is 0 Å². The fourth-order valence-electron chi connectivity index (χ4n) is 11.3. The first kappa shape index (κ1) is 31.6. The van der Waals surface area contributed by atoms with Crippen molar-refractivity contribution in [2.24, 2.45) is 39.9 Å². The zero-order chi connectivity index (χ0) is 32.9. The van der Waals surface area contributed by atoms with Gasteiger partial charge >= 0.3 is 29.8 Å². The first-order chi connectivity index (χ1) is 21.0. The summed E-state index contributed by atoms with van der Waals surface area (Å²) in [7, 11) is 1.29. The third kappa shape index (κ3) is 3.96. The number of hydrogen-bond acceptors (Lipinski definition) is 12. The Hall–Kier alpha value is -3.41. The van der Waals surface area contributed by atoms with Gasteiger partial charge in [-0.1, -0.05) is 20.8 Å². The molecule has 1 saturated heterocycles. The topological polar surface area (TPSA) is 165 Å². The molecule has 45 heavy (non-hydrogen) atoms. The molecule has 1 aromatic heterocycles. The van der Waals surface area contributed by atoms with Gasteiger partial charge in [-0.15, -0.1) is 0 Å². The molecule has 12 unspecified atom stereocenters. The second-order valence-corrected chi connectivity index (χ2v) is 14.5. The molecule has 5 fully saturated rings. The summed E-state index contributed by atoms with van der Waals surface area (Å²) >= 11 is 0. The van der Waals surface area contributed by atoms with Crippen LogP contribution in [0.2, 0.25) is 0 Å². The molecule has 246 valence electrons. The van der Waals surface area contributed by atoms with Gasteiger partial charge in [-0.3, -0.25) is 24.0 Å². The Kier molecular flexibility index (Phi) is 7.05. The van der Waals surface area contributed by atoms with E-state index in [4.69, 9.17) is 28.1 Å². The average Bonchev–Trinajstić information content (AvgIpc) is 3.60. The number of furan rings is 1. The van der Waals surface area contributed by atoms with Crippen LogP contribution in [-0.4, -0.2) is 65.5 Å². The number of carbonyl (C=O) groups is 5. The fraction of sp³-hybridized carbons (Fsp3) is 0.727. The van der Waals surface area contributed by atoms with E-state index < -0.39 is 99.3 Å². The molecule has 12 heteroatoms. The Balaban J connectivity index is 1.63. The highest BCUT2D eigenvalue weighted by Crippen LogP contribution is 2.82. The van der Waals surface area contributed by atoms with Crippen molar-refractivity contribution >= 4 is 29.8 Å². The van der Waals surface area contributed by atoms with Gasteiger partial charge in [0, 0.05) is 60.8 Å². The fourth-order valence-corrected chi connectivity index (χ4v) is 11.3. The third-order valence-electron chi connectivity index (χ3n) is 12.6. The highest BCUT2D eigenvalue weighted by atomic mass is 16.6. The lowest BCUT2D eigenvalue weighted by molar-refractivity contribution is -0.354. The summed E-state index contributed by atoms with van der Waals surface area (Å²) in [6.45, 7) is 9.54. The van der Waals surface area contributed by atoms with Crippen LogP contribution in [0.1, 0.15) is 85.3 Å². The molecule has 0 spiro atoms. The number of fused-ring (bicyclic) bond motifs is 5. The van der Waals surface area contributed by atoms with Gasteiger partial charge in [0.2, 0.25) is 0 Å². The average molecular weight is 631 g/mol. The maximum Gasteiger partial charge on any atom is 0.306 e. The minimum Gasteiger partial charge on any atom is -0.472 e. The van der Waals surface area contributed by atoms with Crippen LogP contribution in [0.4, 0.5) is 0 Å². The summed E-state index contributed by atoms with van der Waals surface area (Å²) in [5, 5.41) is 13.5. The van der Waals surface area contributed by atoms with Gasteiger partial charge < -0.3 is 33.2 Å². The van der Waals surface area contributed by atoms with Crippen LogP contribution in [0, 0.1) is 39.9 Å². The van der Waals surface area contributed by atoms with Crippen molar-refractivity contribution in [2.45, 2.75) is 103 Å². The van der Waals surface area contributed by atoms with Gasteiger partial charge in [0.15, 0.2) is 0 Å². The SMILES string of the molecule is COC(=O)CC1C2(C)CC3(OC(C)=O)C(C2OC(C)=O)C(OC(C)=O)C2(O)C4CC(=O)OC(c5ccoc5)C4(C)CCC2C13C. The minimum atomic E-state index is -1.89. The molecule has 6 rings (SSSR count). The number of cyclic esters (lactones) is 1. The monoisotopic (exact) mass is 630 g/mol. The first-order valence-electron chi connectivity index (χ1n) is 15.6. The van der Waals surface area contributed by atoms with E-state index >= 15 is 0 Å². The molecule has 0 radical (unpaired) electrons. The summed E-state index contributed by atoms with van der Waals surface area (Å²) in [6, 6.07) is 1.72. The van der Waals surface area contributed by atoms with Crippen LogP contribution in [0.25, 0.3) is 0 Å². The number of rotatable bonds is 6. The summed E-state index contributed by atoms with van der Waals surface area (Å²) < 4.78 is 34.9. The van der Waals surface area contributed by atoms with Gasteiger partial charge in [-0.2, -0.15) is 0 Å². The van der Waals surface area contributed by atoms with Gasteiger partial charge in [0.05, 0.1) is 32.0 Å². The number of hydrogen-bond donors (Lipinski definition) is 1. The lowest BCUT2D eigenvalue weighted by Gasteiger charge is -2.72. The van der Waals surface area contributed by atoms with E-state index in [1.165, 1.54) is 40.4 Å². The van der Waals surface area contributed by atoms with Crippen molar-refractivity contribution in [3.05, 3.63) is 24.2 Å². The molecule has 1 aliphatic heterocycles. The van der Waals surface area contributed by atoms with E-state index in [-0.39, 0.29) is 19.3 Å². The number of ether oxygens (including phenoxy) is 5. The van der Waals surface area contributed by atoms with Crippen LogP contribution in [-0.2, 0) is 47.7 Å².